The van der Waals surface area contributed by atoms with Crippen LogP contribution in [-0.4, -0.2) is 32.3 Å². The van der Waals surface area contributed by atoms with Crippen molar-refractivity contribution in [2.24, 2.45) is 4.99 Å². The van der Waals surface area contributed by atoms with Crippen LogP contribution >= 0.6 is 24.0 Å². The number of ether oxygens (including phenoxy) is 1. The average molecular weight is 431 g/mol. The molecule has 0 spiro atoms. The third-order valence-corrected chi connectivity index (χ3v) is 4.08. The maximum atomic E-state index is 5.98. The van der Waals surface area contributed by atoms with Crippen molar-refractivity contribution in [1.29, 1.82) is 0 Å². The lowest BCUT2D eigenvalue weighted by Crippen LogP contribution is -2.38. The van der Waals surface area contributed by atoms with Gasteiger partial charge in [-0.25, -0.2) is 0 Å². The van der Waals surface area contributed by atoms with E-state index in [4.69, 9.17) is 4.74 Å². The van der Waals surface area contributed by atoms with Crippen molar-refractivity contribution >= 4 is 29.9 Å². The van der Waals surface area contributed by atoms with Gasteiger partial charge in [0.2, 0.25) is 0 Å². The molecule has 1 fully saturated rings. The fourth-order valence-corrected chi connectivity index (χ4v) is 2.81. The summed E-state index contributed by atoms with van der Waals surface area (Å²) in [4.78, 5) is 4.24. The summed E-state index contributed by atoms with van der Waals surface area (Å²) < 4.78 is 5.98. The normalized spacial score (nSPS) is 16.3. The SMILES string of the molecule is CN=C(NCCOC1CCCCCC1)NCc1ccccc1.I. The van der Waals surface area contributed by atoms with Crippen LogP contribution in [0.15, 0.2) is 35.3 Å². The molecule has 0 unspecified atom stereocenters. The van der Waals surface area contributed by atoms with Gasteiger partial charge in [-0.15, -0.1) is 24.0 Å². The Balaban J connectivity index is 0.00000264. The van der Waals surface area contributed by atoms with E-state index in [1.54, 1.807) is 7.05 Å². The van der Waals surface area contributed by atoms with Gasteiger partial charge in [0.05, 0.1) is 12.7 Å². The van der Waals surface area contributed by atoms with Crippen LogP contribution in [0.2, 0.25) is 0 Å². The van der Waals surface area contributed by atoms with Crippen LogP contribution in [0.5, 0.6) is 0 Å². The molecule has 1 aliphatic rings. The van der Waals surface area contributed by atoms with E-state index in [-0.39, 0.29) is 24.0 Å². The fraction of sp³-hybridized carbons (Fsp3) is 0.611. The first-order valence-corrected chi connectivity index (χ1v) is 8.48. The maximum Gasteiger partial charge on any atom is 0.191 e. The smallest absolute Gasteiger partial charge is 0.191 e. The van der Waals surface area contributed by atoms with E-state index in [0.29, 0.717) is 6.10 Å². The van der Waals surface area contributed by atoms with Crippen LogP contribution in [0.3, 0.4) is 0 Å². The summed E-state index contributed by atoms with van der Waals surface area (Å²) in [7, 11) is 1.80. The Labute approximate surface area is 157 Å². The van der Waals surface area contributed by atoms with Gasteiger partial charge in [0.25, 0.3) is 0 Å². The molecule has 23 heavy (non-hydrogen) atoms. The molecule has 1 aromatic rings. The minimum atomic E-state index is 0. The second-order valence-electron chi connectivity index (χ2n) is 5.82. The third kappa shape index (κ3) is 8.55. The van der Waals surface area contributed by atoms with E-state index in [1.165, 1.54) is 44.1 Å². The molecule has 0 aromatic heterocycles. The van der Waals surface area contributed by atoms with Crippen molar-refractivity contribution in [3.05, 3.63) is 35.9 Å². The molecule has 1 aromatic carbocycles. The van der Waals surface area contributed by atoms with Gasteiger partial charge in [0.1, 0.15) is 0 Å². The van der Waals surface area contributed by atoms with Crippen molar-refractivity contribution in [3.8, 4) is 0 Å². The van der Waals surface area contributed by atoms with Crippen LogP contribution in [0.4, 0.5) is 0 Å². The van der Waals surface area contributed by atoms with E-state index in [1.807, 2.05) is 18.2 Å². The lowest BCUT2D eigenvalue weighted by Gasteiger charge is -2.16. The highest BCUT2D eigenvalue weighted by Gasteiger charge is 2.11. The summed E-state index contributed by atoms with van der Waals surface area (Å²) >= 11 is 0. The number of nitrogens with one attached hydrogen (secondary N) is 2. The predicted molar refractivity (Wildman–Crippen MR) is 108 cm³/mol. The monoisotopic (exact) mass is 431 g/mol. The van der Waals surface area contributed by atoms with Gasteiger partial charge in [0.15, 0.2) is 5.96 Å². The van der Waals surface area contributed by atoms with Crippen LogP contribution < -0.4 is 10.6 Å². The molecule has 0 aliphatic heterocycles. The number of nitrogens with zero attached hydrogens (tertiary/aromatic N) is 1. The van der Waals surface area contributed by atoms with Gasteiger partial charge in [0, 0.05) is 20.1 Å². The zero-order chi connectivity index (χ0) is 15.5. The highest BCUT2D eigenvalue weighted by molar-refractivity contribution is 14.0. The first-order valence-electron chi connectivity index (χ1n) is 8.48. The zero-order valence-corrected chi connectivity index (χ0v) is 16.4. The second-order valence-corrected chi connectivity index (χ2v) is 5.82. The molecule has 0 saturated heterocycles. The number of guanidine groups is 1. The maximum absolute atomic E-state index is 5.98. The number of benzene rings is 1. The minimum Gasteiger partial charge on any atom is -0.376 e. The van der Waals surface area contributed by atoms with Gasteiger partial charge in [-0.05, 0) is 18.4 Å². The molecule has 4 nitrogen and oxygen atoms in total. The topological polar surface area (TPSA) is 45.7 Å². The molecule has 0 bridgehead atoms. The molecule has 130 valence electrons. The van der Waals surface area contributed by atoms with Gasteiger partial charge < -0.3 is 15.4 Å². The Hall–Kier alpha value is -0.820. The minimum absolute atomic E-state index is 0. The molecule has 2 N–H and O–H groups in total. The highest BCUT2D eigenvalue weighted by atomic mass is 127. The number of hydrogen-bond donors (Lipinski definition) is 2. The average Bonchev–Trinajstić information content (AvgIpc) is 2.84. The Morgan fingerprint density at radius 2 is 1.78 bits per heavy atom. The second kappa shape index (κ2) is 12.6. The molecule has 1 aliphatic carbocycles. The molecular weight excluding hydrogens is 401 g/mol. The Morgan fingerprint density at radius 3 is 2.43 bits per heavy atom. The summed E-state index contributed by atoms with van der Waals surface area (Å²) in [6.45, 7) is 2.33. The van der Waals surface area contributed by atoms with Crippen molar-refractivity contribution in [2.45, 2.75) is 51.2 Å². The summed E-state index contributed by atoms with van der Waals surface area (Å²) in [5.74, 6) is 0.827. The van der Waals surface area contributed by atoms with Crippen LogP contribution in [0, 0.1) is 0 Å². The Kier molecular flexibility index (Phi) is 11.1. The van der Waals surface area contributed by atoms with Crippen LogP contribution in [-0.2, 0) is 11.3 Å². The molecule has 5 heteroatoms. The number of halogens is 1. The van der Waals surface area contributed by atoms with Gasteiger partial charge in [-0.1, -0.05) is 56.0 Å². The molecule has 0 heterocycles. The predicted octanol–water partition coefficient (Wildman–Crippen LogP) is 3.71. The Bertz CT molecular complexity index is 431. The van der Waals surface area contributed by atoms with E-state index in [2.05, 4.69) is 27.8 Å². The van der Waals surface area contributed by atoms with Gasteiger partial charge >= 0.3 is 0 Å². The van der Waals surface area contributed by atoms with Crippen molar-refractivity contribution in [3.63, 3.8) is 0 Å². The van der Waals surface area contributed by atoms with Crippen LogP contribution in [0.1, 0.15) is 44.1 Å². The summed E-state index contributed by atoms with van der Waals surface area (Å²) in [6.07, 6.45) is 8.28. The quantitative estimate of drug-likeness (QED) is 0.237. The summed E-state index contributed by atoms with van der Waals surface area (Å²) in [5, 5.41) is 6.63. The van der Waals surface area contributed by atoms with Gasteiger partial charge in [-0.3, -0.25) is 4.99 Å². The zero-order valence-electron chi connectivity index (χ0n) is 14.1. The van der Waals surface area contributed by atoms with Crippen molar-refractivity contribution in [1.82, 2.24) is 10.6 Å². The van der Waals surface area contributed by atoms with E-state index in [9.17, 15) is 0 Å². The first kappa shape index (κ1) is 20.2. The number of rotatable bonds is 6. The molecule has 0 radical (unpaired) electrons. The first-order chi connectivity index (χ1) is 10.9. The largest absolute Gasteiger partial charge is 0.376 e. The van der Waals surface area contributed by atoms with Crippen molar-refractivity contribution < 1.29 is 4.74 Å². The summed E-state index contributed by atoms with van der Waals surface area (Å²) in [5.41, 5.74) is 1.25. The van der Waals surface area contributed by atoms with E-state index < -0.39 is 0 Å². The molecular formula is C18H30IN3O. The molecule has 2 rings (SSSR count). The third-order valence-electron chi connectivity index (χ3n) is 4.08. The Morgan fingerprint density at radius 1 is 1.09 bits per heavy atom. The molecule has 0 atom stereocenters. The van der Waals surface area contributed by atoms with E-state index in [0.717, 1.165) is 25.7 Å². The van der Waals surface area contributed by atoms with E-state index >= 15 is 0 Å². The summed E-state index contributed by atoms with van der Waals surface area (Å²) in [6, 6.07) is 10.3. The number of hydrogen-bond acceptors (Lipinski definition) is 2. The molecule has 1 saturated carbocycles. The fourth-order valence-electron chi connectivity index (χ4n) is 2.81. The standard InChI is InChI=1S/C18H29N3O.HI/c1-19-18(21-15-16-9-5-4-6-10-16)20-13-14-22-17-11-7-2-3-8-12-17;/h4-6,9-10,17H,2-3,7-8,11-15H2,1H3,(H2,19,20,21);1H. The lowest BCUT2D eigenvalue weighted by atomic mass is 10.1. The highest BCUT2D eigenvalue weighted by Crippen LogP contribution is 2.19. The van der Waals surface area contributed by atoms with Crippen LogP contribution in [0.25, 0.3) is 0 Å². The van der Waals surface area contributed by atoms with Gasteiger partial charge in [-0.2, -0.15) is 0 Å². The lowest BCUT2D eigenvalue weighted by molar-refractivity contribution is 0.0468. The molecule has 0 amide bonds. The number of aliphatic imine (C=N–C) groups is 1. The van der Waals surface area contributed by atoms with Crippen molar-refractivity contribution in [2.75, 3.05) is 20.2 Å².